The predicted octanol–water partition coefficient (Wildman–Crippen LogP) is 4.74. The highest BCUT2D eigenvalue weighted by Crippen LogP contribution is 2.39. The summed E-state index contributed by atoms with van der Waals surface area (Å²) >= 11 is 0. The number of benzene rings is 3. The maximum Gasteiger partial charge on any atom is 0.295 e. The van der Waals surface area contributed by atoms with Gasteiger partial charge < -0.3 is 24.4 Å². The van der Waals surface area contributed by atoms with Crippen molar-refractivity contribution in [2.24, 2.45) is 0 Å². The number of para-hydroxylation sites is 1. The molecular formula is C31H34N2O5. The molecule has 1 atom stereocenters. The molecule has 1 aliphatic rings. The van der Waals surface area contributed by atoms with Crippen LogP contribution in [0.25, 0.3) is 5.76 Å². The number of amides is 1. The van der Waals surface area contributed by atoms with Crippen LogP contribution in [0.3, 0.4) is 0 Å². The number of ketones is 1. The number of aryl methyl sites for hydroxylation is 2. The fourth-order valence-corrected chi connectivity index (χ4v) is 4.41. The van der Waals surface area contributed by atoms with Gasteiger partial charge in [0.15, 0.2) is 0 Å². The standard InChI is InChI=1S/C31H34N2O5/c1-21-9-11-24(12-10-21)29(34)27-28(33(18-17-32(3)4)31(36)30(27)35)23-13-15-25(16-14-23)37-19-20-38-26-8-6-5-7-22(26)2/h5-16,28,34H,17-20H2,1-4H3/t28-/m0/s1. The molecule has 1 amide bonds. The Morgan fingerprint density at radius 3 is 2.21 bits per heavy atom. The lowest BCUT2D eigenvalue weighted by atomic mass is 9.95. The van der Waals surface area contributed by atoms with Crippen molar-refractivity contribution in [1.82, 2.24) is 9.80 Å². The summed E-state index contributed by atoms with van der Waals surface area (Å²) in [5.41, 5.74) is 3.41. The lowest BCUT2D eigenvalue weighted by Gasteiger charge is -2.26. The van der Waals surface area contributed by atoms with Gasteiger partial charge >= 0.3 is 0 Å². The Morgan fingerprint density at radius 2 is 1.55 bits per heavy atom. The molecule has 0 spiro atoms. The first-order valence-electron chi connectivity index (χ1n) is 12.7. The summed E-state index contributed by atoms with van der Waals surface area (Å²) in [5.74, 6) is 0.00697. The Bertz CT molecular complexity index is 1310. The predicted molar refractivity (Wildman–Crippen MR) is 147 cm³/mol. The molecule has 1 aliphatic heterocycles. The fraction of sp³-hybridized carbons (Fsp3) is 0.290. The average molecular weight is 515 g/mol. The summed E-state index contributed by atoms with van der Waals surface area (Å²) in [4.78, 5) is 29.7. The maximum atomic E-state index is 13.1. The van der Waals surface area contributed by atoms with E-state index in [4.69, 9.17) is 9.47 Å². The van der Waals surface area contributed by atoms with E-state index in [2.05, 4.69) is 0 Å². The second-order valence-corrected chi connectivity index (χ2v) is 9.69. The van der Waals surface area contributed by atoms with E-state index in [1.54, 1.807) is 24.3 Å². The van der Waals surface area contributed by atoms with Gasteiger partial charge in [0, 0.05) is 18.7 Å². The van der Waals surface area contributed by atoms with Gasteiger partial charge in [-0.25, -0.2) is 0 Å². The summed E-state index contributed by atoms with van der Waals surface area (Å²) in [6.07, 6.45) is 0. The van der Waals surface area contributed by atoms with Crippen molar-refractivity contribution in [3.63, 3.8) is 0 Å². The smallest absolute Gasteiger partial charge is 0.295 e. The highest BCUT2D eigenvalue weighted by Gasteiger charge is 2.45. The molecule has 3 aromatic rings. The topological polar surface area (TPSA) is 79.3 Å². The molecule has 4 rings (SSSR count). The van der Waals surface area contributed by atoms with Gasteiger partial charge in [0.2, 0.25) is 0 Å². The maximum absolute atomic E-state index is 13.1. The molecule has 1 fully saturated rings. The molecule has 0 bridgehead atoms. The minimum atomic E-state index is -0.699. The van der Waals surface area contributed by atoms with Crippen LogP contribution in [0.5, 0.6) is 11.5 Å². The molecule has 0 radical (unpaired) electrons. The Labute approximate surface area is 223 Å². The van der Waals surface area contributed by atoms with E-state index in [0.29, 0.717) is 37.6 Å². The molecule has 1 saturated heterocycles. The monoisotopic (exact) mass is 514 g/mol. The van der Waals surface area contributed by atoms with Crippen LogP contribution in [0.2, 0.25) is 0 Å². The average Bonchev–Trinajstić information content (AvgIpc) is 3.16. The third kappa shape index (κ3) is 6.06. The highest BCUT2D eigenvalue weighted by molar-refractivity contribution is 6.46. The van der Waals surface area contributed by atoms with Crippen LogP contribution in [0, 0.1) is 13.8 Å². The normalized spacial score (nSPS) is 16.8. The summed E-state index contributed by atoms with van der Waals surface area (Å²) in [6, 6.07) is 21.6. The molecule has 3 aromatic carbocycles. The quantitative estimate of drug-likeness (QED) is 0.182. The van der Waals surface area contributed by atoms with Crippen LogP contribution < -0.4 is 9.47 Å². The largest absolute Gasteiger partial charge is 0.507 e. The lowest BCUT2D eigenvalue weighted by molar-refractivity contribution is -0.140. The second-order valence-electron chi connectivity index (χ2n) is 9.69. The Morgan fingerprint density at radius 1 is 0.895 bits per heavy atom. The molecular weight excluding hydrogens is 480 g/mol. The zero-order valence-electron chi connectivity index (χ0n) is 22.3. The minimum Gasteiger partial charge on any atom is -0.507 e. The van der Waals surface area contributed by atoms with Gasteiger partial charge in [-0.05, 0) is 57.3 Å². The van der Waals surface area contributed by atoms with Gasteiger partial charge in [0.25, 0.3) is 11.7 Å². The molecule has 0 aromatic heterocycles. The first-order valence-corrected chi connectivity index (χ1v) is 12.7. The number of rotatable bonds is 10. The van der Waals surface area contributed by atoms with Crippen LogP contribution >= 0.6 is 0 Å². The van der Waals surface area contributed by atoms with Crippen molar-refractivity contribution < 1.29 is 24.2 Å². The van der Waals surface area contributed by atoms with Crippen molar-refractivity contribution >= 4 is 17.4 Å². The molecule has 7 heteroatoms. The molecule has 0 unspecified atom stereocenters. The first kappa shape index (κ1) is 26.9. The number of carbonyl (C=O) groups excluding carboxylic acids is 2. The molecule has 38 heavy (non-hydrogen) atoms. The van der Waals surface area contributed by atoms with E-state index >= 15 is 0 Å². The van der Waals surface area contributed by atoms with E-state index in [1.165, 1.54) is 4.90 Å². The summed E-state index contributed by atoms with van der Waals surface area (Å²) < 4.78 is 11.6. The first-order chi connectivity index (χ1) is 18.3. The van der Waals surface area contributed by atoms with Gasteiger partial charge in [-0.3, -0.25) is 9.59 Å². The van der Waals surface area contributed by atoms with Gasteiger partial charge in [0.1, 0.15) is 30.5 Å². The van der Waals surface area contributed by atoms with E-state index in [0.717, 1.165) is 22.4 Å². The third-order valence-corrected chi connectivity index (χ3v) is 6.55. The molecule has 0 aliphatic carbocycles. The van der Waals surface area contributed by atoms with Crippen LogP contribution in [0.4, 0.5) is 0 Å². The lowest BCUT2D eigenvalue weighted by Crippen LogP contribution is -2.35. The van der Waals surface area contributed by atoms with Crippen molar-refractivity contribution in [3.05, 3.63) is 101 Å². The van der Waals surface area contributed by atoms with Crippen molar-refractivity contribution in [2.75, 3.05) is 40.4 Å². The van der Waals surface area contributed by atoms with Gasteiger partial charge in [-0.2, -0.15) is 0 Å². The highest BCUT2D eigenvalue weighted by atomic mass is 16.5. The fourth-order valence-electron chi connectivity index (χ4n) is 4.41. The SMILES string of the molecule is Cc1ccc(C(O)=C2C(=O)C(=O)N(CCN(C)C)[C@H]2c2ccc(OCCOc3ccccc3C)cc2)cc1. The van der Waals surface area contributed by atoms with Crippen molar-refractivity contribution in [1.29, 1.82) is 0 Å². The van der Waals surface area contributed by atoms with Gasteiger partial charge in [-0.15, -0.1) is 0 Å². The zero-order valence-corrected chi connectivity index (χ0v) is 22.3. The Kier molecular flexibility index (Phi) is 8.48. The Hall–Kier alpha value is -4.10. The zero-order chi connectivity index (χ0) is 27.2. The number of hydrogen-bond donors (Lipinski definition) is 1. The van der Waals surface area contributed by atoms with Crippen molar-refractivity contribution in [3.8, 4) is 11.5 Å². The van der Waals surface area contributed by atoms with Gasteiger partial charge in [-0.1, -0.05) is 60.2 Å². The summed E-state index contributed by atoms with van der Waals surface area (Å²) in [7, 11) is 3.82. The minimum absolute atomic E-state index is 0.0953. The number of likely N-dealkylation sites (tertiary alicyclic amines) is 1. The summed E-state index contributed by atoms with van der Waals surface area (Å²) in [5, 5.41) is 11.2. The number of aliphatic hydroxyl groups excluding tert-OH is 1. The van der Waals surface area contributed by atoms with Gasteiger partial charge in [0.05, 0.1) is 11.6 Å². The molecule has 7 nitrogen and oxygen atoms in total. The van der Waals surface area contributed by atoms with Crippen LogP contribution in [0.1, 0.15) is 28.3 Å². The van der Waals surface area contributed by atoms with Crippen molar-refractivity contribution in [2.45, 2.75) is 19.9 Å². The number of aliphatic hydroxyl groups is 1. The van der Waals surface area contributed by atoms with Crippen LogP contribution in [0.15, 0.2) is 78.4 Å². The van der Waals surface area contributed by atoms with Crippen LogP contribution in [-0.2, 0) is 9.59 Å². The second kappa shape index (κ2) is 12.0. The number of nitrogens with zero attached hydrogens (tertiary/aromatic N) is 2. The number of hydrogen-bond acceptors (Lipinski definition) is 6. The molecule has 0 saturated carbocycles. The number of likely N-dealkylation sites (N-methyl/N-ethyl adjacent to an activating group) is 1. The molecule has 1 heterocycles. The van der Waals surface area contributed by atoms with E-state index < -0.39 is 17.7 Å². The summed E-state index contributed by atoms with van der Waals surface area (Å²) in [6.45, 7) is 5.63. The van der Waals surface area contributed by atoms with E-state index in [9.17, 15) is 14.7 Å². The van der Waals surface area contributed by atoms with E-state index in [-0.39, 0.29) is 11.3 Å². The third-order valence-electron chi connectivity index (χ3n) is 6.55. The molecule has 1 N–H and O–H groups in total. The number of Topliss-reactive ketones (excluding diaryl/α,β-unsaturated/α-hetero) is 1. The number of carbonyl (C=O) groups is 2. The van der Waals surface area contributed by atoms with E-state index in [1.807, 2.05) is 81.4 Å². The van der Waals surface area contributed by atoms with Crippen LogP contribution in [-0.4, -0.2) is 67.0 Å². The number of ether oxygens (including phenoxy) is 2. The Balaban J connectivity index is 1.55. The molecule has 198 valence electrons.